The third-order valence-electron chi connectivity index (χ3n) is 4.17. The highest BCUT2D eigenvalue weighted by Crippen LogP contribution is 2.36. The van der Waals surface area contributed by atoms with Gasteiger partial charge in [0.05, 0.1) is 16.8 Å². The number of thiophene rings is 1. The molecular formula is C14H21N5OS. The van der Waals surface area contributed by atoms with Crippen LogP contribution >= 0.6 is 11.3 Å². The summed E-state index contributed by atoms with van der Waals surface area (Å²) >= 11 is 1.45. The summed E-state index contributed by atoms with van der Waals surface area (Å²) in [5, 5.41) is 5.29. The van der Waals surface area contributed by atoms with Crippen molar-refractivity contribution in [3.05, 3.63) is 10.6 Å². The van der Waals surface area contributed by atoms with Crippen LogP contribution in [0, 0.1) is 6.92 Å². The Morgan fingerprint density at radius 3 is 2.71 bits per heavy atom. The normalized spacial score (nSPS) is 20.4. The third-order valence-corrected chi connectivity index (χ3v) is 5.43. The molecule has 21 heavy (non-hydrogen) atoms. The number of amides is 1. The largest absolute Gasteiger partial charge is 0.397 e. The standard InChI is InChI=1S/C14H21N5OS/c1-8-7-17(3)5-6-19(8)13(20)12-11(15)10-9(2)16-18(4)14(10)21-12/h8H,5-7,15H2,1-4H3. The zero-order valence-electron chi connectivity index (χ0n) is 12.9. The Bertz CT molecular complexity index is 704. The second kappa shape index (κ2) is 4.99. The Labute approximate surface area is 128 Å². The highest BCUT2D eigenvalue weighted by molar-refractivity contribution is 7.21. The predicted octanol–water partition coefficient (Wildman–Crippen LogP) is 1.30. The molecule has 2 aromatic heterocycles. The molecule has 6 nitrogen and oxygen atoms in total. The molecule has 0 spiro atoms. The lowest BCUT2D eigenvalue weighted by Crippen LogP contribution is -2.52. The Morgan fingerprint density at radius 1 is 1.38 bits per heavy atom. The van der Waals surface area contributed by atoms with Crippen molar-refractivity contribution in [3.63, 3.8) is 0 Å². The number of nitrogen functional groups attached to an aromatic ring is 1. The number of rotatable bonds is 1. The van der Waals surface area contributed by atoms with Gasteiger partial charge in [0.25, 0.3) is 5.91 Å². The topological polar surface area (TPSA) is 67.4 Å². The van der Waals surface area contributed by atoms with Gasteiger partial charge in [-0.3, -0.25) is 9.48 Å². The highest BCUT2D eigenvalue weighted by atomic mass is 32.1. The number of carbonyl (C=O) groups is 1. The van der Waals surface area contributed by atoms with E-state index in [2.05, 4.69) is 24.0 Å². The summed E-state index contributed by atoms with van der Waals surface area (Å²) in [7, 11) is 3.97. The number of hydrogen-bond donors (Lipinski definition) is 1. The zero-order valence-corrected chi connectivity index (χ0v) is 13.7. The molecule has 3 rings (SSSR count). The van der Waals surface area contributed by atoms with Gasteiger partial charge in [-0.15, -0.1) is 11.3 Å². The van der Waals surface area contributed by atoms with E-state index in [9.17, 15) is 4.79 Å². The molecule has 1 fully saturated rings. The second-order valence-corrected chi connectivity index (χ2v) is 6.84. The van der Waals surface area contributed by atoms with E-state index in [1.165, 1.54) is 11.3 Å². The van der Waals surface area contributed by atoms with Crippen molar-refractivity contribution in [2.75, 3.05) is 32.4 Å². The van der Waals surface area contributed by atoms with Gasteiger partial charge in [0.2, 0.25) is 0 Å². The molecule has 1 aliphatic rings. The van der Waals surface area contributed by atoms with Gasteiger partial charge in [-0.25, -0.2) is 0 Å². The van der Waals surface area contributed by atoms with Crippen LogP contribution in [0.3, 0.4) is 0 Å². The van der Waals surface area contributed by atoms with E-state index in [1.807, 2.05) is 18.9 Å². The molecule has 0 aromatic carbocycles. The van der Waals surface area contributed by atoms with E-state index in [4.69, 9.17) is 5.73 Å². The van der Waals surface area contributed by atoms with Crippen molar-refractivity contribution in [2.24, 2.45) is 7.05 Å². The lowest BCUT2D eigenvalue weighted by molar-refractivity contribution is 0.0539. The first kappa shape index (κ1) is 14.3. The molecule has 1 aliphatic heterocycles. The first-order chi connectivity index (χ1) is 9.90. The maximum absolute atomic E-state index is 12.8. The number of likely N-dealkylation sites (N-methyl/N-ethyl adjacent to an activating group) is 1. The molecule has 1 atom stereocenters. The number of hydrogen-bond acceptors (Lipinski definition) is 5. The maximum atomic E-state index is 12.8. The Balaban J connectivity index is 1.98. The molecule has 0 bridgehead atoms. The summed E-state index contributed by atoms with van der Waals surface area (Å²) in [5.41, 5.74) is 7.69. The van der Waals surface area contributed by atoms with Crippen LogP contribution in [0.2, 0.25) is 0 Å². The van der Waals surface area contributed by atoms with Crippen LogP contribution in [0.25, 0.3) is 10.2 Å². The van der Waals surface area contributed by atoms with E-state index in [0.717, 1.165) is 35.5 Å². The average molecular weight is 307 g/mol. The van der Waals surface area contributed by atoms with Crippen molar-refractivity contribution < 1.29 is 4.79 Å². The number of nitrogens with zero attached hydrogens (tertiary/aromatic N) is 4. The van der Waals surface area contributed by atoms with Crippen LogP contribution in [0.5, 0.6) is 0 Å². The molecule has 1 saturated heterocycles. The van der Waals surface area contributed by atoms with E-state index in [-0.39, 0.29) is 11.9 Å². The number of piperazine rings is 1. The lowest BCUT2D eigenvalue weighted by atomic mass is 10.1. The molecule has 1 amide bonds. The monoisotopic (exact) mass is 307 g/mol. The highest BCUT2D eigenvalue weighted by Gasteiger charge is 2.30. The van der Waals surface area contributed by atoms with Crippen LogP contribution < -0.4 is 5.73 Å². The smallest absolute Gasteiger partial charge is 0.266 e. The molecule has 114 valence electrons. The maximum Gasteiger partial charge on any atom is 0.266 e. The van der Waals surface area contributed by atoms with Crippen LogP contribution in [0.4, 0.5) is 5.69 Å². The molecule has 2 N–H and O–H groups in total. The van der Waals surface area contributed by atoms with Gasteiger partial charge in [0.15, 0.2) is 0 Å². The number of aryl methyl sites for hydroxylation is 2. The molecule has 0 aliphatic carbocycles. The first-order valence-electron chi connectivity index (χ1n) is 7.11. The van der Waals surface area contributed by atoms with Gasteiger partial charge < -0.3 is 15.5 Å². The number of nitrogens with two attached hydrogens (primary N) is 1. The van der Waals surface area contributed by atoms with Crippen LogP contribution in [0.15, 0.2) is 0 Å². The van der Waals surface area contributed by atoms with Gasteiger partial charge in [-0.2, -0.15) is 5.10 Å². The van der Waals surface area contributed by atoms with Crippen LogP contribution in [-0.2, 0) is 7.05 Å². The van der Waals surface area contributed by atoms with E-state index >= 15 is 0 Å². The molecule has 3 heterocycles. The second-order valence-electron chi connectivity index (χ2n) is 5.84. The molecule has 7 heteroatoms. The van der Waals surface area contributed by atoms with E-state index in [0.29, 0.717) is 10.6 Å². The summed E-state index contributed by atoms with van der Waals surface area (Å²) in [5.74, 6) is 0.0497. The van der Waals surface area contributed by atoms with Gasteiger partial charge >= 0.3 is 0 Å². The Morgan fingerprint density at radius 2 is 2.10 bits per heavy atom. The fourth-order valence-electron chi connectivity index (χ4n) is 3.06. The summed E-state index contributed by atoms with van der Waals surface area (Å²) in [4.78, 5) is 18.6. The third kappa shape index (κ3) is 2.20. The minimum absolute atomic E-state index is 0.0497. The van der Waals surface area contributed by atoms with Crippen LogP contribution in [0.1, 0.15) is 22.3 Å². The predicted molar refractivity (Wildman–Crippen MR) is 85.7 cm³/mol. The van der Waals surface area contributed by atoms with Gasteiger partial charge in [0, 0.05) is 32.7 Å². The molecule has 1 unspecified atom stereocenters. The number of carbonyl (C=O) groups excluding carboxylic acids is 1. The van der Waals surface area contributed by atoms with Gasteiger partial charge in [-0.1, -0.05) is 0 Å². The fourth-order valence-corrected chi connectivity index (χ4v) is 4.20. The van der Waals surface area contributed by atoms with Crippen molar-refractivity contribution in [1.29, 1.82) is 0 Å². The summed E-state index contributed by atoms with van der Waals surface area (Å²) in [6.45, 7) is 6.57. The molecule has 2 aromatic rings. The minimum atomic E-state index is 0.0497. The average Bonchev–Trinajstić information content (AvgIpc) is 2.88. The SMILES string of the molecule is Cc1nn(C)c2sc(C(=O)N3CCN(C)CC3C)c(N)c12. The summed E-state index contributed by atoms with van der Waals surface area (Å²) in [6.07, 6.45) is 0. The summed E-state index contributed by atoms with van der Waals surface area (Å²) in [6, 6.07) is 0.208. The Kier molecular flexibility index (Phi) is 3.41. The zero-order chi connectivity index (χ0) is 15.3. The number of anilines is 1. The summed E-state index contributed by atoms with van der Waals surface area (Å²) < 4.78 is 1.80. The van der Waals surface area contributed by atoms with Crippen molar-refractivity contribution >= 4 is 33.1 Å². The molecule has 0 radical (unpaired) electrons. The Hall–Kier alpha value is -1.60. The van der Waals surface area contributed by atoms with Crippen molar-refractivity contribution in [1.82, 2.24) is 19.6 Å². The first-order valence-corrected chi connectivity index (χ1v) is 7.93. The van der Waals surface area contributed by atoms with Crippen molar-refractivity contribution in [2.45, 2.75) is 19.9 Å². The lowest BCUT2D eigenvalue weighted by Gasteiger charge is -2.38. The number of aromatic nitrogens is 2. The van der Waals surface area contributed by atoms with Crippen molar-refractivity contribution in [3.8, 4) is 0 Å². The molecular weight excluding hydrogens is 286 g/mol. The fraction of sp³-hybridized carbons (Fsp3) is 0.571. The van der Waals surface area contributed by atoms with Gasteiger partial charge in [-0.05, 0) is 20.9 Å². The van der Waals surface area contributed by atoms with Crippen LogP contribution in [-0.4, -0.2) is 58.2 Å². The van der Waals surface area contributed by atoms with Gasteiger partial charge in [0.1, 0.15) is 9.71 Å². The van der Waals surface area contributed by atoms with E-state index < -0.39 is 0 Å². The number of fused-ring (bicyclic) bond motifs is 1. The van der Waals surface area contributed by atoms with E-state index in [1.54, 1.807) is 4.68 Å². The molecule has 0 saturated carbocycles. The minimum Gasteiger partial charge on any atom is -0.397 e. The quantitative estimate of drug-likeness (QED) is 0.862.